The number of nitrogens with one attached hydrogen (secondary N) is 1. The van der Waals surface area contributed by atoms with Crippen LogP contribution in [0.15, 0.2) is 6.20 Å². The number of aromatic amines is 1. The molecule has 1 aromatic heterocycles. The van der Waals surface area contributed by atoms with Crippen LogP contribution in [0.4, 0.5) is 0 Å². The van der Waals surface area contributed by atoms with Gasteiger partial charge in [-0.1, -0.05) is 0 Å². The Labute approximate surface area is 66.0 Å². The first-order chi connectivity index (χ1) is 5.29. The van der Waals surface area contributed by atoms with Crippen LogP contribution >= 0.6 is 0 Å². The van der Waals surface area contributed by atoms with Crippen molar-refractivity contribution in [3.05, 3.63) is 17.5 Å². The number of hydrogen-bond acceptors (Lipinski definition) is 2. The lowest BCUT2D eigenvalue weighted by atomic mass is 10.1. The van der Waals surface area contributed by atoms with Gasteiger partial charge in [-0.05, 0) is 19.8 Å². The third kappa shape index (κ3) is 1.16. The van der Waals surface area contributed by atoms with Crippen LogP contribution in [0.3, 0.4) is 0 Å². The molecule has 0 aromatic carbocycles. The highest BCUT2D eigenvalue weighted by Crippen LogP contribution is 2.41. The molecule has 0 saturated heterocycles. The number of hydrogen-bond donors (Lipinski definition) is 2. The summed E-state index contributed by atoms with van der Waals surface area (Å²) in [5.74, 6) is 0.721. The first kappa shape index (κ1) is 6.85. The summed E-state index contributed by atoms with van der Waals surface area (Å²) >= 11 is 0. The summed E-state index contributed by atoms with van der Waals surface area (Å²) in [6.07, 6.45) is 4.43. The number of rotatable bonds is 2. The Bertz CT molecular complexity index is 231. The monoisotopic (exact) mass is 151 g/mol. The molecule has 1 aliphatic carbocycles. The van der Waals surface area contributed by atoms with Crippen LogP contribution in [0.5, 0.6) is 0 Å². The molecule has 1 heterocycles. The molecule has 1 aliphatic rings. The van der Waals surface area contributed by atoms with Crippen molar-refractivity contribution < 1.29 is 0 Å². The van der Waals surface area contributed by atoms with Crippen LogP contribution in [0, 0.1) is 0 Å². The minimum absolute atomic E-state index is 0.115. The second kappa shape index (κ2) is 2.34. The molecule has 1 atom stereocenters. The number of nitrogens with two attached hydrogens (primary N) is 1. The van der Waals surface area contributed by atoms with E-state index in [2.05, 4.69) is 10.2 Å². The zero-order valence-electron chi connectivity index (χ0n) is 6.67. The van der Waals surface area contributed by atoms with E-state index in [1.807, 2.05) is 13.1 Å². The molecular formula is C8H13N3. The highest BCUT2D eigenvalue weighted by atomic mass is 15.1. The van der Waals surface area contributed by atoms with Gasteiger partial charge in [0.2, 0.25) is 0 Å². The van der Waals surface area contributed by atoms with E-state index in [4.69, 9.17) is 5.73 Å². The van der Waals surface area contributed by atoms with Crippen molar-refractivity contribution in [2.75, 3.05) is 0 Å². The number of H-pyrrole nitrogens is 1. The van der Waals surface area contributed by atoms with Crippen LogP contribution in [0.2, 0.25) is 0 Å². The summed E-state index contributed by atoms with van der Waals surface area (Å²) in [5.41, 5.74) is 8.22. The predicted molar refractivity (Wildman–Crippen MR) is 43.2 cm³/mol. The van der Waals surface area contributed by atoms with Crippen molar-refractivity contribution in [3.8, 4) is 0 Å². The van der Waals surface area contributed by atoms with Gasteiger partial charge in [-0.15, -0.1) is 0 Å². The standard InChI is InChI=1S/C8H13N3/c1-5(9)7-4-10-11-8(7)6-2-3-6/h4-6H,2-3,9H2,1H3,(H,10,11). The topological polar surface area (TPSA) is 54.7 Å². The molecule has 1 aromatic rings. The van der Waals surface area contributed by atoms with Crippen molar-refractivity contribution in [2.45, 2.75) is 31.7 Å². The second-order valence-electron chi connectivity index (χ2n) is 3.30. The highest BCUT2D eigenvalue weighted by molar-refractivity contribution is 5.26. The van der Waals surface area contributed by atoms with Gasteiger partial charge in [-0.2, -0.15) is 5.10 Å². The fourth-order valence-corrected chi connectivity index (χ4v) is 1.37. The van der Waals surface area contributed by atoms with Gasteiger partial charge in [-0.25, -0.2) is 0 Å². The van der Waals surface area contributed by atoms with Gasteiger partial charge in [0.25, 0.3) is 0 Å². The van der Waals surface area contributed by atoms with E-state index in [1.54, 1.807) is 0 Å². The van der Waals surface area contributed by atoms with Crippen LogP contribution in [0.1, 0.15) is 43.0 Å². The lowest BCUT2D eigenvalue weighted by molar-refractivity contribution is 0.797. The molecule has 60 valence electrons. The smallest absolute Gasteiger partial charge is 0.0537 e. The Hall–Kier alpha value is -0.830. The molecule has 2 rings (SSSR count). The van der Waals surface area contributed by atoms with Crippen LogP contribution < -0.4 is 5.73 Å². The lowest BCUT2D eigenvalue weighted by Gasteiger charge is -2.03. The zero-order chi connectivity index (χ0) is 7.84. The van der Waals surface area contributed by atoms with E-state index < -0.39 is 0 Å². The zero-order valence-corrected chi connectivity index (χ0v) is 6.67. The molecule has 0 radical (unpaired) electrons. The third-order valence-electron chi connectivity index (χ3n) is 2.18. The lowest BCUT2D eigenvalue weighted by Crippen LogP contribution is -2.06. The van der Waals surface area contributed by atoms with Crippen molar-refractivity contribution in [1.82, 2.24) is 10.2 Å². The molecule has 3 heteroatoms. The number of nitrogens with zero attached hydrogens (tertiary/aromatic N) is 1. The van der Waals surface area contributed by atoms with Gasteiger partial charge in [-0.3, -0.25) is 5.10 Å². The van der Waals surface area contributed by atoms with Crippen LogP contribution in [-0.2, 0) is 0 Å². The Kier molecular flexibility index (Phi) is 1.46. The third-order valence-corrected chi connectivity index (χ3v) is 2.18. The molecule has 1 saturated carbocycles. The summed E-state index contributed by atoms with van der Waals surface area (Å²) in [7, 11) is 0. The molecule has 3 N–H and O–H groups in total. The van der Waals surface area contributed by atoms with Crippen molar-refractivity contribution in [1.29, 1.82) is 0 Å². The molecule has 1 unspecified atom stereocenters. The maximum absolute atomic E-state index is 5.76. The normalized spacial score (nSPS) is 20.2. The Morgan fingerprint density at radius 1 is 1.73 bits per heavy atom. The van der Waals surface area contributed by atoms with E-state index in [-0.39, 0.29) is 6.04 Å². The van der Waals surface area contributed by atoms with Gasteiger partial charge in [0.1, 0.15) is 0 Å². The Balaban J connectivity index is 2.30. The number of aromatic nitrogens is 2. The minimum atomic E-state index is 0.115. The van der Waals surface area contributed by atoms with Crippen molar-refractivity contribution >= 4 is 0 Å². The van der Waals surface area contributed by atoms with E-state index in [9.17, 15) is 0 Å². The van der Waals surface area contributed by atoms with Crippen LogP contribution in [0.25, 0.3) is 0 Å². The molecular weight excluding hydrogens is 138 g/mol. The Morgan fingerprint density at radius 2 is 2.45 bits per heavy atom. The average Bonchev–Trinajstić information content (AvgIpc) is 2.68. The van der Waals surface area contributed by atoms with Crippen LogP contribution in [-0.4, -0.2) is 10.2 Å². The van der Waals surface area contributed by atoms with E-state index in [0.29, 0.717) is 0 Å². The molecule has 0 aliphatic heterocycles. The molecule has 0 amide bonds. The van der Waals surface area contributed by atoms with E-state index in [1.165, 1.54) is 24.1 Å². The highest BCUT2D eigenvalue weighted by Gasteiger charge is 2.28. The van der Waals surface area contributed by atoms with Crippen molar-refractivity contribution in [2.24, 2.45) is 5.73 Å². The van der Waals surface area contributed by atoms with E-state index >= 15 is 0 Å². The summed E-state index contributed by atoms with van der Waals surface area (Å²) in [5, 5.41) is 7.02. The SMILES string of the molecule is CC(N)c1cn[nH]c1C1CC1. The maximum atomic E-state index is 5.76. The fourth-order valence-electron chi connectivity index (χ4n) is 1.37. The first-order valence-corrected chi connectivity index (χ1v) is 4.08. The van der Waals surface area contributed by atoms with Crippen molar-refractivity contribution in [3.63, 3.8) is 0 Å². The molecule has 3 nitrogen and oxygen atoms in total. The fraction of sp³-hybridized carbons (Fsp3) is 0.625. The Morgan fingerprint density at radius 3 is 3.00 bits per heavy atom. The van der Waals surface area contributed by atoms with Gasteiger partial charge in [0.15, 0.2) is 0 Å². The summed E-state index contributed by atoms with van der Waals surface area (Å²) in [4.78, 5) is 0. The van der Waals surface area contributed by atoms with E-state index in [0.717, 1.165) is 5.92 Å². The quantitative estimate of drug-likeness (QED) is 0.669. The largest absolute Gasteiger partial charge is 0.324 e. The molecule has 0 spiro atoms. The molecule has 0 bridgehead atoms. The van der Waals surface area contributed by atoms with Gasteiger partial charge in [0.05, 0.1) is 6.20 Å². The summed E-state index contributed by atoms with van der Waals surface area (Å²) < 4.78 is 0. The first-order valence-electron chi connectivity index (χ1n) is 4.08. The molecule has 1 fully saturated rings. The minimum Gasteiger partial charge on any atom is -0.324 e. The van der Waals surface area contributed by atoms with Gasteiger partial charge in [0, 0.05) is 23.2 Å². The molecule has 11 heavy (non-hydrogen) atoms. The summed E-state index contributed by atoms with van der Waals surface area (Å²) in [6, 6.07) is 0.115. The van der Waals surface area contributed by atoms with Gasteiger partial charge >= 0.3 is 0 Å². The van der Waals surface area contributed by atoms with Gasteiger partial charge < -0.3 is 5.73 Å². The predicted octanol–water partition coefficient (Wildman–Crippen LogP) is 1.31. The average molecular weight is 151 g/mol. The summed E-state index contributed by atoms with van der Waals surface area (Å²) in [6.45, 7) is 2.00. The maximum Gasteiger partial charge on any atom is 0.0537 e. The second-order valence-corrected chi connectivity index (χ2v) is 3.30.